The van der Waals surface area contributed by atoms with E-state index in [1.807, 2.05) is 6.92 Å². The zero-order valence-electron chi connectivity index (χ0n) is 15.9. The van der Waals surface area contributed by atoms with Gasteiger partial charge >= 0.3 is 6.36 Å². The summed E-state index contributed by atoms with van der Waals surface area (Å²) >= 11 is 0. The van der Waals surface area contributed by atoms with Gasteiger partial charge in [-0.1, -0.05) is 18.2 Å². The maximum atomic E-state index is 12.6. The summed E-state index contributed by atoms with van der Waals surface area (Å²) in [6.07, 6.45) is -2.80. The van der Waals surface area contributed by atoms with Crippen molar-refractivity contribution in [2.75, 3.05) is 20.1 Å². The fourth-order valence-corrected chi connectivity index (χ4v) is 3.49. The number of nitrogens with zero attached hydrogens (tertiary/aromatic N) is 2. The second-order valence-electron chi connectivity index (χ2n) is 7.16. The number of amides is 1. The number of alkyl halides is 3. The number of likely N-dealkylation sites (tertiary alicyclic amines) is 1. The van der Waals surface area contributed by atoms with E-state index in [-0.39, 0.29) is 29.7 Å². The Hall–Kier alpha value is -2.45. The van der Waals surface area contributed by atoms with Crippen LogP contribution in [0.5, 0.6) is 5.75 Å². The van der Waals surface area contributed by atoms with Gasteiger partial charge in [0.1, 0.15) is 5.75 Å². The number of piperidine rings is 1. The fourth-order valence-electron chi connectivity index (χ4n) is 3.49. The molecule has 0 spiro atoms. The van der Waals surface area contributed by atoms with Gasteiger partial charge in [0.05, 0.1) is 0 Å². The fraction of sp³-hybridized carbons (Fsp3) is 0.579. The van der Waals surface area contributed by atoms with Gasteiger partial charge in [-0.15, -0.1) is 13.2 Å². The molecule has 1 saturated carbocycles. The minimum Gasteiger partial charge on any atom is -0.405 e. The van der Waals surface area contributed by atoms with Crippen molar-refractivity contribution in [3.05, 3.63) is 29.8 Å². The molecule has 2 fully saturated rings. The number of guanidine groups is 1. The summed E-state index contributed by atoms with van der Waals surface area (Å²) in [4.78, 5) is 17.8. The van der Waals surface area contributed by atoms with Crippen molar-refractivity contribution in [3.8, 4) is 5.75 Å². The number of nitrogens with one attached hydrogen (secondary N) is 2. The molecule has 6 nitrogen and oxygen atoms in total. The molecule has 28 heavy (non-hydrogen) atoms. The molecule has 0 bridgehead atoms. The van der Waals surface area contributed by atoms with Crippen molar-refractivity contribution in [1.82, 2.24) is 15.5 Å². The summed E-state index contributed by atoms with van der Waals surface area (Å²) in [7, 11) is 1.77. The highest BCUT2D eigenvalue weighted by atomic mass is 19.4. The summed E-state index contributed by atoms with van der Waals surface area (Å²) in [5.41, 5.74) is 0.538. The second kappa shape index (κ2) is 8.28. The zero-order valence-corrected chi connectivity index (χ0v) is 15.9. The van der Waals surface area contributed by atoms with Gasteiger partial charge in [0.2, 0.25) is 5.91 Å². The third kappa shape index (κ3) is 5.30. The van der Waals surface area contributed by atoms with Crippen molar-refractivity contribution in [2.45, 2.75) is 50.6 Å². The van der Waals surface area contributed by atoms with Crippen molar-refractivity contribution in [1.29, 1.82) is 0 Å². The first-order chi connectivity index (χ1) is 13.3. The molecule has 1 amide bonds. The number of halogens is 3. The largest absolute Gasteiger partial charge is 0.573 e. The van der Waals surface area contributed by atoms with Crippen LogP contribution in [0, 0.1) is 0 Å². The van der Waals surface area contributed by atoms with E-state index >= 15 is 0 Å². The molecule has 2 aliphatic rings. The maximum absolute atomic E-state index is 12.6. The number of carbonyl (C=O) groups excluding carboxylic acids is 1. The monoisotopic (exact) mass is 398 g/mol. The van der Waals surface area contributed by atoms with Crippen LogP contribution in [0.4, 0.5) is 13.2 Å². The van der Waals surface area contributed by atoms with E-state index in [1.54, 1.807) is 24.1 Å². The Balaban J connectivity index is 1.61. The molecule has 1 aromatic carbocycles. The van der Waals surface area contributed by atoms with Crippen molar-refractivity contribution in [2.24, 2.45) is 4.99 Å². The number of hydrogen-bond acceptors (Lipinski definition) is 3. The Labute approximate surface area is 162 Å². The molecule has 2 N–H and O–H groups in total. The lowest BCUT2D eigenvalue weighted by Gasteiger charge is -2.31. The predicted molar refractivity (Wildman–Crippen MR) is 99.2 cm³/mol. The summed E-state index contributed by atoms with van der Waals surface area (Å²) in [5, 5.41) is 6.64. The Kier molecular flexibility index (Phi) is 6.00. The minimum absolute atomic E-state index is 0.0151. The third-order valence-electron chi connectivity index (χ3n) is 4.94. The predicted octanol–water partition coefficient (Wildman–Crippen LogP) is 2.62. The Morgan fingerprint density at radius 3 is 2.75 bits per heavy atom. The van der Waals surface area contributed by atoms with Crippen LogP contribution in [0.15, 0.2) is 29.3 Å². The summed E-state index contributed by atoms with van der Waals surface area (Å²) in [5.74, 6) is 0.525. The molecule has 1 heterocycles. The van der Waals surface area contributed by atoms with Crippen LogP contribution in [0.2, 0.25) is 0 Å². The Bertz CT molecular complexity index is 738. The maximum Gasteiger partial charge on any atom is 0.573 e. The smallest absolute Gasteiger partial charge is 0.405 e. The van der Waals surface area contributed by atoms with Crippen LogP contribution in [0.3, 0.4) is 0 Å². The quantitative estimate of drug-likeness (QED) is 0.591. The van der Waals surface area contributed by atoms with Crippen molar-refractivity contribution < 1.29 is 22.7 Å². The first kappa shape index (κ1) is 20.3. The lowest BCUT2D eigenvalue weighted by atomic mass is 10.1. The molecule has 0 radical (unpaired) electrons. The molecule has 1 saturated heterocycles. The average Bonchev–Trinajstić information content (AvgIpc) is 3.36. The lowest BCUT2D eigenvalue weighted by molar-refractivity contribution is -0.274. The third-order valence-corrected chi connectivity index (χ3v) is 4.94. The lowest BCUT2D eigenvalue weighted by Crippen LogP contribution is -2.52. The van der Waals surface area contributed by atoms with E-state index in [0.29, 0.717) is 37.5 Å². The van der Waals surface area contributed by atoms with Gasteiger partial charge < -0.3 is 20.3 Å². The van der Waals surface area contributed by atoms with Crippen molar-refractivity contribution in [3.63, 3.8) is 0 Å². The molecule has 3 rings (SSSR count). The van der Waals surface area contributed by atoms with E-state index in [4.69, 9.17) is 0 Å². The van der Waals surface area contributed by atoms with Gasteiger partial charge in [0.25, 0.3) is 0 Å². The average molecular weight is 398 g/mol. The number of rotatable bonds is 5. The molecule has 154 valence electrons. The SMILES string of the molecule is CCN=C(NC1CCC(=O)N(C)C1)NC1CC1c1ccccc1OC(F)(F)F. The van der Waals surface area contributed by atoms with E-state index in [9.17, 15) is 18.0 Å². The van der Waals surface area contributed by atoms with Crippen LogP contribution < -0.4 is 15.4 Å². The number of likely N-dealkylation sites (N-methyl/N-ethyl adjacent to an activating group) is 1. The molecule has 1 aliphatic carbocycles. The number of para-hydroxylation sites is 1. The van der Waals surface area contributed by atoms with E-state index < -0.39 is 6.36 Å². The number of aliphatic imine (C=N–C) groups is 1. The van der Waals surface area contributed by atoms with Crippen molar-refractivity contribution >= 4 is 11.9 Å². The summed E-state index contributed by atoms with van der Waals surface area (Å²) in [6, 6.07) is 6.33. The molecular weight excluding hydrogens is 373 g/mol. The standard InChI is InChI=1S/C19H25F3N4O2/c1-3-23-18(24-12-8-9-17(27)26(2)11-12)25-15-10-14(15)13-6-4-5-7-16(13)28-19(20,21)22/h4-7,12,14-15H,3,8-11H2,1-2H3,(H2,23,24,25). The molecule has 1 aliphatic heterocycles. The van der Waals surface area contributed by atoms with E-state index in [2.05, 4.69) is 20.4 Å². The summed E-state index contributed by atoms with van der Waals surface area (Å²) in [6.45, 7) is 3.08. The number of ether oxygens (including phenoxy) is 1. The molecular formula is C19H25F3N4O2. The highest BCUT2D eigenvalue weighted by Gasteiger charge is 2.42. The first-order valence-corrected chi connectivity index (χ1v) is 9.43. The van der Waals surface area contributed by atoms with Gasteiger partial charge in [-0.25, -0.2) is 0 Å². The first-order valence-electron chi connectivity index (χ1n) is 9.43. The summed E-state index contributed by atoms with van der Waals surface area (Å²) < 4.78 is 42.1. The second-order valence-corrected chi connectivity index (χ2v) is 7.16. The Morgan fingerprint density at radius 2 is 2.07 bits per heavy atom. The molecule has 3 unspecified atom stereocenters. The topological polar surface area (TPSA) is 66.0 Å². The van der Waals surface area contributed by atoms with Crippen LogP contribution in [-0.4, -0.2) is 55.3 Å². The number of carbonyl (C=O) groups is 1. The van der Waals surface area contributed by atoms with E-state index in [1.165, 1.54) is 12.1 Å². The van der Waals surface area contributed by atoms with Gasteiger partial charge in [0, 0.05) is 44.6 Å². The highest BCUT2D eigenvalue weighted by molar-refractivity contribution is 5.82. The normalized spacial score (nSPS) is 25.5. The number of benzene rings is 1. The number of hydrogen-bond donors (Lipinski definition) is 2. The van der Waals surface area contributed by atoms with Crippen LogP contribution in [-0.2, 0) is 4.79 Å². The van der Waals surface area contributed by atoms with Crippen LogP contribution >= 0.6 is 0 Å². The molecule has 1 aromatic rings. The molecule has 3 atom stereocenters. The Morgan fingerprint density at radius 1 is 1.32 bits per heavy atom. The minimum atomic E-state index is -4.71. The van der Waals surface area contributed by atoms with Gasteiger partial charge in [-0.05, 0) is 31.4 Å². The van der Waals surface area contributed by atoms with Crippen LogP contribution in [0.1, 0.15) is 37.7 Å². The molecule has 9 heteroatoms. The highest BCUT2D eigenvalue weighted by Crippen LogP contribution is 2.45. The van der Waals surface area contributed by atoms with Gasteiger partial charge in [-0.3, -0.25) is 9.79 Å². The zero-order chi connectivity index (χ0) is 20.3. The van der Waals surface area contributed by atoms with E-state index in [0.717, 1.165) is 6.42 Å². The van der Waals surface area contributed by atoms with Gasteiger partial charge in [-0.2, -0.15) is 0 Å². The molecule has 0 aromatic heterocycles. The van der Waals surface area contributed by atoms with Gasteiger partial charge in [0.15, 0.2) is 5.96 Å². The van der Waals surface area contributed by atoms with Crippen LogP contribution in [0.25, 0.3) is 0 Å².